The van der Waals surface area contributed by atoms with Crippen LogP contribution < -0.4 is 10.1 Å². The van der Waals surface area contributed by atoms with Gasteiger partial charge >= 0.3 is 0 Å². The van der Waals surface area contributed by atoms with Gasteiger partial charge in [-0.2, -0.15) is 0 Å². The topological polar surface area (TPSA) is 38.3 Å². The number of rotatable bonds is 7. The third-order valence-electron chi connectivity index (χ3n) is 3.51. The molecule has 0 saturated carbocycles. The molecule has 0 aromatic heterocycles. The van der Waals surface area contributed by atoms with Crippen molar-refractivity contribution in [2.45, 2.75) is 32.7 Å². The Morgan fingerprint density at radius 3 is 2.57 bits per heavy atom. The lowest BCUT2D eigenvalue weighted by molar-refractivity contribution is -0.121. The zero-order valence-corrected chi connectivity index (χ0v) is 14.3. The predicted octanol–water partition coefficient (Wildman–Crippen LogP) is 4.16. The zero-order valence-electron chi connectivity index (χ0n) is 13.5. The van der Waals surface area contributed by atoms with Crippen molar-refractivity contribution in [3.8, 4) is 5.75 Å². The van der Waals surface area contributed by atoms with E-state index in [1.165, 1.54) is 5.56 Å². The number of halogens is 1. The summed E-state index contributed by atoms with van der Waals surface area (Å²) in [7, 11) is 0. The maximum atomic E-state index is 12.0. The van der Waals surface area contributed by atoms with E-state index in [0.29, 0.717) is 24.5 Å². The normalized spacial score (nSPS) is 11.8. The molecule has 0 saturated heterocycles. The van der Waals surface area contributed by atoms with Crippen LogP contribution in [0.5, 0.6) is 5.75 Å². The van der Waals surface area contributed by atoms with Gasteiger partial charge in [0.25, 0.3) is 0 Å². The van der Waals surface area contributed by atoms with Crippen LogP contribution in [0.2, 0.25) is 5.02 Å². The zero-order chi connectivity index (χ0) is 16.7. The highest BCUT2D eigenvalue weighted by atomic mass is 35.5. The van der Waals surface area contributed by atoms with Crippen molar-refractivity contribution in [3.63, 3.8) is 0 Å². The van der Waals surface area contributed by atoms with Gasteiger partial charge in [0.15, 0.2) is 0 Å². The Balaban J connectivity index is 1.72. The highest BCUT2D eigenvalue weighted by Gasteiger charge is 2.09. The molecule has 2 aromatic carbocycles. The minimum atomic E-state index is -0.0463. The van der Waals surface area contributed by atoms with Crippen molar-refractivity contribution in [1.82, 2.24) is 5.32 Å². The molecule has 0 aliphatic carbocycles. The average molecular weight is 332 g/mol. The summed E-state index contributed by atoms with van der Waals surface area (Å²) in [6, 6.07) is 15.4. The second-order valence-electron chi connectivity index (χ2n) is 5.68. The van der Waals surface area contributed by atoms with E-state index in [0.717, 1.165) is 11.3 Å². The highest BCUT2D eigenvalue weighted by Crippen LogP contribution is 2.16. The van der Waals surface area contributed by atoms with Crippen LogP contribution in [0.1, 0.15) is 24.5 Å². The van der Waals surface area contributed by atoms with Crippen LogP contribution in [0.25, 0.3) is 0 Å². The molecule has 0 radical (unpaired) electrons. The van der Waals surface area contributed by atoms with E-state index in [4.69, 9.17) is 16.3 Å². The number of benzene rings is 2. The lowest BCUT2D eigenvalue weighted by Gasteiger charge is -2.15. The van der Waals surface area contributed by atoms with Crippen LogP contribution in [0.3, 0.4) is 0 Å². The summed E-state index contributed by atoms with van der Waals surface area (Å²) in [6.45, 7) is 4.41. The standard InChI is InChI=1S/C19H22ClNO2/c1-14-7-10-17(11-8-14)23-13-15(2)21-19(22)12-9-16-5-3-4-6-18(16)20/h3-8,10-11,15H,9,12-13H2,1-2H3,(H,21,22)/t15-/m1/s1. The Hall–Kier alpha value is -2.00. The number of aryl methyl sites for hydroxylation is 2. The molecule has 0 bridgehead atoms. The third kappa shape index (κ3) is 5.95. The molecule has 0 unspecified atom stereocenters. The predicted molar refractivity (Wildman–Crippen MR) is 94.1 cm³/mol. The maximum absolute atomic E-state index is 12.0. The van der Waals surface area contributed by atoms with E-state index in [-0.39, 0.29) is 11.9 Å². The Kier molecular flexibility index (Phi) is 6.48. The van der Waals surface area contributed by atoms with E-state index in [1.807, 2.05) is 62.4 Å². The van der Waals surface area contributed by atoms with Gasteiger partial charge in [0.05, 0.1) is 6.04 Å². The molecule has 23 heavy (non-hydrogen) atoms. The van der Waals surface area contributed by atoms with Crippen molar-refractivity contribution in [3.05, 3.63) is 64.7 Å². The van der Waals surface area contributed by atoms with Crippen molar-refractivity contribution in [2.24, 2.45) is 0 Å². The molecular weight excluding hydrogens is 310 g/mol. The Morgan fingerprint density at radius 1 is 1.17 bits per heavy atom. The number of carbonyl (C=O) groups excluding carboxylic acids is 1. The fourth-order valence-corrected chi connectivity index (χ4v) is 2.42. The van der Waals surface area contributed by atoms with Crippen LogP contribution in [0, 0.1) is 6.92 Å². The molecule has 1 N–H and O–H groups in total. The van der Waals surface area contributed by atoms with Crippen molar-refractivity contribution >= 4 is 17.5 Å². The molecule has 0 fully saturated rings. The molecule has 1 amide bonds. The summed E-state index contributed by atoms with van der Waals surface area (Å²) in [5.74, 6) is 0.817. The quantitative estimate of drug-likeness (QED) is 0.827. The first-order valence-corrected chi connectivity index (χ1v) is 8.14. The molecule has 0 spiro atoms. The minimum absolute atomic E-state index is 0.00456. The van der Waals surface area contributed by atoms with Crippen molar-refractivity contribution in [1.29, 1.82) is 0 Å². The molecule has 1 atom stereocenters. The van der Waals surface area contributed by atoms with Gasteiger partial charge in [0.1, 0.15) is 12.4 Å². The van der Waals surface area contributed by atoms with Gasteiger partial charge in [0.2, 0.25) is 5.91 Å². The van der Waals surface area contributed by atoms with E-state index >= 15 is 0 Å². The summed E-state index contributed by atoms with van der Waals surface area (Å²) in [5.41, 5.74) is 2.19. The Morgan fingerprint density at radius 2 is 1.87 bits per heavy atom. The van der Waals surface area contributed by atoms with E-state index < -0.39 is 0 Å². The molecule has 0 aliphatic heterocycles. The van der Waals surface area contributed by atoms with Crippen LogP contribution in [-0.4, -0.2) is 18.6 Å². The number of nitrogens with one attached hydrogen (secondary N) is 1. The van der Waals surface area contributed by atoms with Crippen molar-refractivity contribution in [2.75, 3.05) is 6.61 Å². The number of amides is 1. The van der Waals surface area contributed by atoms with Gasteiger partial charge in [-0.3, -0.25) is 4.79 Å². The summed E-state index contributed by atoms with van der Waals surface area (Å²) >= 11 is 6.09. The van der Waals surface area contributed by atoms with Crippen molar-refractivity contribution < 1.29 is 9.53 Å². The molecule has 0 heterocycles. The number of hydrogen-bond donors (Lipinski definition) is 1. The van der Waals surface area contributed by atoms with Gasteiger partial charge in [0, 0.05) is 11.4 Å². The molecular formula is C19H22ClNO2. The molecule has 4 heteroatoms. The summed E-state index contributed by atoms with van der Waals surface area (Å²) < 4.78 is 5.67. The molecule has 122 valence electrons. The molecule has 2 rings (SSSR count). The van der Waals surface area contributed by atoms with Gasteiger partial charge < -0.3 is 10.1 Å². The van der Waals surface area contributed by atoms with Crippen LogP contribution in [0.4, 0.5) is 0 Å². The van der Waals surface area contributed by atoms with Gasteiger partial charge in [-0.25, -0.2) is 0 Å². The van der Waals surface area contributed by atoms with E-state index in [2.05, 4.69) is 5.32 Å². The summed E-state index contributed by atoms with van der Waals surface area (Å²) in [5, 5.41) is 3.65. The fourth-order valence-electron chi connectivity index (χ4n) is 2.19. The number of carbonyl (C=O) groups is 1. The summed E-state index contributed by atoms with van der Waals surface area (Å²) in [6.07, 6.45) is 1.05. The van der Waals surface area contributed by atoms with Gasteiger partial charge in [-0.1, -0.05) is 47.5 Å². The van der Waals surface area contributed by atoms with Crippen LogP contribution >= 0.6 is 11.6 Å². The first-order chi connectivity index (χ1) is 11.0. The lowest BCUT2D eigenvalue weighted by atomic mass is 10.1. The number of hydrogen-bond acceptors (Lipinski definition) is 2. The SMILES string of the molecule is Cc1ccc(OC[C@@H](C)NC(=O)CCc2ccccc2Cl)cc1. The van der Waals surface area contributed by atoms with Gasteiger partial charge in [-0.15, -0.1) is 0 Å². The largest absolute Gasteiger partial charge is 0.491 e. The van der Waals surface area contributed by atoms with E-state index in [1.54, 1.807) is 0 Å². The molecule has 2 aromatic rings. The lowest BCUT2D eigenvalue weighted by Crippen LogP contribution is -2.36. The first kappa shape index (κ1) is 17.4. The van der Waals surface area contributed by atoms with Crippen LogP contribution in [-0.2, 0) is 11.2 Å². The Bertz CT molecular complexity index is 640. The van der Waals surface area contributed by atoms with E-state index in [9.17, 15) is 4.79 Å². The summed E-state index contributed by atoms with van der Waals surface area (Å²) in [4.78, 5) is 12.0. The number of ether oxygens (including phenoxy) is 1. The highest BCUT2D eigenvalue weighted by molar-refractivity contribution is 6.31. The van der Waals surface area contributed by atoms with Gasteiger partial charge in [-0.05, 0) is 44.0 Å². The second kappa shape index (κ2) is 8.59. The third-order valence-corrected chi connectivity index (χ3v) is 3.88. The monoisotopic (exact) mass is 331 g/mol. The fraction of sp³-hybridized carbons (Fsp3) is 0.316. The second-order valence-corrected chi connectivity index (χ2v) is 6.09. The Labute approximate surface area is 142 Å². The molecule has 3 nitrogen and oxygen atoms in total. The smallest absolute Gasteiger partial charge is 0.220 e. The first-order valence-electron chi connectivity index (χ1n) is 7.77. The maximum Gasteiger partial charge on any atom is 0.220 e. The average Bonchev–Trinajstić information content (AvgIpc) is 2.53. The molecule has 0 aliphatic rings. The van der Waals surface area contributed by atoms with Crippen LogP contribution in [0.15, 0.2) is 48.5 Å². The minimum Gasteiger partial charge on any atom is -0.491 e.